The molecule has 0 aromatic heterocycles. The van der Waals surface area contributed by atoms with Gasteiger partial charge in [-0.05, 0) is 49.8 Å². The van der Waals surface area contributed by atoms with Crippen LogP contribution in [0.3, 0.4) is 0 Å². The van der Waals surface area contributed by atoms with Crippen LogP contribution in [0.2, 0.25) is 0 Å². The third-order valence-electron chi connectivity index (χ3n) is 4.87. The summed E-state index contributed by atoms with van der Waals surface area (Å²) in [7, 11) is 0. The molecule has 17 heavy (non-hydrogen) atoms. The van der Waals surface area contributed by atoms with Gasteiger partial charge in [-0.25, -0.2) is 0 Å². The van der Waals surface area contributed by atoms with E-state index >= 15 is 0 Å². The fraction of sp³-hybridized carbons (Fsp3) is 0.625. The van der Waals surface area contributed by atoms with E-state index in [1.807, 2.05) is 0 Å². The van der Waals surface area contributed by atoms with Gasteiger partial charge in [0.1, 0.15) is 0 Å². The Bertz CT molecular complexity index is 390. The third-order valence-corrected chi connectivity index (χ3v) is 4.87. The minimum atomic E-state index is 0.418. The molecular weight excluding hydrogens is 206 g/mol. The van der Waals surface area contributed by atoms with Gasteiger partial charge in [-0.15, -0.1) is 0 Å². The van der Waals surface area contributed by atoms with Gasteiger partial charge >= 0.3 is 0 Å². The minimum Gasteiger partial charge on any atom is -0.311 e. The average Bonchev–Trinajstić information content (AvgIpc) is 2.40. The van der Waals surface area contributed by atoms with Crippen LogP contribution in [0.25, 0.3) is 0 Å². The highest BCUT2D eigenvalue weighted by Crippen LogP contribution is 2.45. The lowest BCUT2D eigenvalue weighted by atomic mass is 9.65. The summed E-state index contributed by atoms with van der Waals surface area (Å²) >= 11 is 0. The number of benzene rings is 1. The normalized spacial score (nSPS) is 32.4. The Labute approximate surface area is 105 Å². The molecule has 1 aliphatic heterocycles. The summed E-state index contributed by atoms with van der Waals surface area (Å²) in [6, 6.07) is 9.09. The zero-order valence-electron chi connectivity index (χ0n) is 10.8. The second kappa shape index (κ2) is 4.45. The van der Waals surface area contributed by atoms with E-state index in [1.165, 1.54) is 45.1 Å². The molecule has 0 saturated carbocycles. The van der Waals surface area contributed by atoms with Crippen LogP contribution in [0.1, 0.15) is 56.1 Å². The fourth-order valence-corrected chi connectivity index (χ4v) is 4.04. The van der Waals surface area contributed by atoms with Crippen molar-refractivity contribution in [2.45, 2.75) is 56.9 Å². The third kappa shape index (κ3) is 1.81. The summed E-state index contributed by atoms with van der Waals surface area (Å²) in [4.78, 5) is 0. The lowest BCUT2D eigenvalue weighted by Crippen LogP contribution is -2.54. The largest absolute Gasteiger partial charge is 0.311 e. The van der Waals surface area contributed by atoms with Crippen LogP contribution in [0, 0.1) is 0 Å². The molecule has 0 bridgehead atoms. The highest BCUT2D eigenvalue weighted by molar-refractivity contribution is 5.36. The fourth-order valence-electron chi connectivity index (χ4n) is 4.04. The van der Waals surface area contributed by atoms with Crippen molar-refractivity contribution in [1.29, 1.82) is 0 Å². The first-order chi connectivity index (χ1) is 8.36. The molecule has 1 heterocycles. The lowest BCUT2D eigenvalue weighted by Gasteiger charge is -2.48. The van der Waals surface area contributed by atoms with Crippen LogP contribution in [0.15, 0.2) is 24.3 Å². The zero-order chi connectivity index (χ0) is 11.7. The molecule has 92 valence electrons. The van der Waals surface area contributed by atoms with Gasteiger partial charge in [0.15, 0.2) is 0 Å². The number of nitrogens with one attached hydrogen (secondary N) is 1. The van der Waals surface area contributed by atoms with E-state index in [-0.39, 0.29) is 0 Å². The van der Waals surface area contributed by atoms with Crippen molar-refractivity contribution in [3.63, 3.8) is 0 Å². The molecule has 1 nitrogen and oxygen atoms in total. The second-order valence-corrected chi connectivity index (χ2v) is 5.70. The molecule has 1 heteroatoms. The summed E-state index contributed by atoms with van der Waals surface area (Å²) in [5, 5.41) is 3.88. The molecule has 1 fully saturated rings. The van der Waals surface area contributed by atoms with Crippen LogP contribution in [-0.2, 0) is 6.42 Å². The molecular formula is C16H23N. The first kappa shape index (κ1) is 11.3. The Balaban J connectivity index is 1.99. The highest BCUT2D eigenvalue weighted by atomic mass is 15.0. The average molecular weight is 229 g/mol. The Morgan fingerprint density at radius 1 is 1.24 bits per heavy atom. The predicted octanol–water partition coefficient (Wildman–Crippen LogP) is 3.64. The summed E-state index contributed by atoms with van der Waals surface area (Å²) in [6.07, 6.45) is 8.01. The monoisotopic (exact) mass is 229 g/mol. The predicted molar refractivity (Wildman–Crippen MR) is 72.4 cm³/mol. The number of piperidine rings is 1. The van der Waals surface area contributed by atoms with Gasteiger partial charge < -0.3 is 5.32 Å². The summed E-state index contributed by atoms with van der Waals surface area (Å²) < 4.78 is 0. The van der Waals surface area contributed by atoms with Gasteiger partial charge in [-0.3, -0.25) is 0 Å². The number of fused-ring (bicyclic) bond motifs is 1. The number of aryl methyl sites for hydroxylation is 1. The van der Waals surface area contributed by atoms with E-state index in [9.17, 15) is 0 Å². The maximum atomic E-state index is 3.88. The first-order valence-corrected chi connectivity index (χ1v) is 7.18. The van der Waals surface area contributed by atoms with E-state index in [1.54, 1.807) is 11.1 Å². The molecule has 2 aliphatic rings. The van der Waals surface area contributed by atoms with Gasteiger partial charge in [0.05, 0.1) is 0 Å². The maximum absolute atomic E-state index is 3.88. The Morgan fingerprint density at radius 3 is 2.88 bits per heavy atom. The van der Waals surface area contributed by atoms with Crippen molar-refractivity contribution in [3.8, 4) is 0 Å². The molecule has 2 atom stereocenters. The van der Waals surface area contributed by atoms with Gasteiger partial charge in [-0.2, -0.15) is 0 Å². The van der Waals surface area contributed by atoms with Crippen LogP contribution < -0.4 is 5.32 Å². The summed E-state index contributed by atoms with van der Waals surface area (Å²) in [5.74, 6) is 0.729. The summed E-state index contributed by atoms with van der Waals surface area (Å²) in [6.45, 7) is 3.57. The topological polar surface area (TPSA) is 12.0 Å². The molecule has 2 unspecified atom stereocenters. The van der Waals surface area contributed by atoms with E-state index in [0.717, 1.165) is 5.92 Å². The SMILES string of the molecule is CCC1c2ccccc2CCC12CCCCN2. The van der Waals surface area contributed by atoms with Crippen molar-refractivity contribution in [2.75, 3.05) is 6.54 Å². The molecule has 1 saturated heterocycles. The van der Waals surface area contributed by atoms with Gasteiger partial charge in [0, 0.05) is 11.5 Å². The Morgan fingerprint density at radius 2 is 2.12 bits per heavy atom. The molecule has 1 aromatic carbocycles. The number of rotatable bonds is 1. The maximum Gasteiger partial charge on any atom is 0.0253 e. The molecule has 0 amide bonds. The number of hydrogen-bond donors (Lipinski definition) is 1. The number of hydrogen-bond acceptors (Lipinski definition) is 1. The lowest BCUT2D eigenvalue weighted by molar-refractivity contribution is 0.178. The van der Waals surface area contributed by atoms with E-state index < -0.39 is 0 Å². The minimum absolute atomic E-state index is 0.418. The molecule has 1 aliphatic carbocycles. The molecule has 1 N–H and O–H groups in total. The van der Waals surface area contributed by atoms with Crippen LogP contribution in [0.4, 0.5) is 0 Å². The van der Waals surface area contributed by atoms with Crippen molar-refractivity contribution in [3.05, 3.63) is 35.4 Å². The van der Waals surface area contributed by atoms with E-state index in [4.69, 9.17) is 0 Å². The quantitative estimate of drug-likeness (QED) is 0.775. The van der Waals surface area contributed by atoms with Crippen LogP contribution in [-0.4, -0.2) is 12.1 Å². The van der Waals surface area contributed by atoms with Gasteiger partial charge in [0.2, 0.25) is 0 Å². The zero-order valence-corrected chi connectivity index (χ0v) is 10.8. The van der Waals surface area contributed by atoms with Gasteiger partial charge in [0.25, 0.3) is 0 Å². The van der Waals surface area contributed by atoms with Crippen molar-refractivity contribution in [1.82, 2.24) is 5.32 Å². The van der Waals surface area contributed by atoms with Crippen molar-refractivity contribution >= 4 is 0 Å². The van der Waals surface area contributed by atoms with E-state index in [0.29, 0.717) is 5.54 Å². The Hall–Kier alpha value is -0.820. The molecule has 3 rings (SSSR count). The molecule has 1 spiro atoms. The summed E-state index contributed by atoms with van der Waals surface area (Å²) in [5.41, 5.74) is 3.63. The first-order valence-electron chi connectivity index (χ1n) is 7.18. The standard InChI is InChI=1S/C16H23N/c1-2-15-14-8-4-3-7-13(14)9-11-16(15)10-5-6-12-17-16/h3-4,7-8,15,17H,2,5-6,9-12H2,1H3. The van der Waals surface area contributed by atoms with Crippen molar-refractivity contribution in [2.24, 2.45) is 0 Å². The van der Waals surface area contributed by atoms with Crippen LogP contribution in [0.5, 0.6) is 0 Å². The molecule has 1 aromatic rings. The van der Waals surface area contributed by atoms with Crippen LogP contribution >= 0.6 is 0 Å². The highest BCUT2D eigenvalue weighted by Gasteiger charge is 2.42. The van der Waals surface area contributed by atoms with E-state index in [2.05, 4.69) is 36.5 Å². The van der Waals surface area contributed by atoms with Gasteiger partial charge in [-0.1, -0.05) is 37.6 Å². The van der Waals surface area contributed by atoms with Crippen molar-refractivity contribution < 1.29 is 0 Å². The smallest absolute Gasteiger partial charge is 0.0253 e. The Kier molecular flexibility index (Phi) is 2.96. The second-order valence-electron chi connectivity index (χ2n) is 5.70. The molecule has 0 radical (unpaired) electrons.